The molecule has 1 heterocycles. The first kappa shape index (κ1) is 17.5. The lowest BCUT2D eigenvalue weighted by atomic mass is 10.1. The van der Waals surface area contributed by atoms with E-state index in [-0.39, 0.29) is 5.75 Å². The van der Waals surface area contributed by atoms with Gasteiger partial charge in [0.2, 0.25) is 0 Å². The van der Waals surface area contributed by atoms with Crippen LogP contribution in [0.1, 0.15) is 19.4 Å². The van der Waals surface area contributed by atoms with E-state index in [4.69, 9.17) is 0 Å². The summed E-state index contributed by atoms with van der Waals surface area (Å²) in [6, 6.07) is 4.34. The first-order valence-corrected chi connectivity index (χ1v) is 8.07. The Morgan fingerprint density at radius 3 is 2.74 bits per heavy atom. The smallest absolute Gasteiger partial charge is 0.406 e. The molecule has 2 N–H and O–H groups in total. The number of thioether (sulfide) groups is 1. The minimum absolute atomic E-state index is 0.220. The van der Waals surface area contributed by atoms with E-state index in [1.165, 1.54) is 23.9 Å². The second-order valence-corrected chi connectivity index (χ2v) is 6.29. The SMILES string of the molecule is CC(C)CNc1ccc(OC(F)(F)F)cc1CSc1ncc[nH]1. The van der Waals surface area contributed by atoms with Crippen molar-refractivity contribution in [2.75, 3.05) is 11.9 Å². The normalized spacial score (nSPS) is 11.7. The number of aromatic nitrogens is 2. The zero-order valence-electron chi connectivity index (χ0n) is 12.8. The Kier molecular flexibility index (Phi) is 5.81. The lowest BCUT2D eigenvalue weighted by Crippen LogP contribution is -2.17. The Bertz CT molecular complexity index is 615. The van der Waals surface area contributed by atoms with E-state index in [0.29, 0.717) is 16.8 Å². The maximum Gasteiger partial charge on any atom is 0.573 e. The van der Waals surface area contributed by atoms with Gasteiger partial charge >= 0.3 is 6.36 Å². The predicted molar refractivity (Wildman–Crippen MR) is 84.6 cm³/mol. The molecule has 0 radical (unpaired) electrons. The number of alkyl halides is 3. The van der Waals surface area contributed by atoms with Crippen LogP contribution in [0.5, 0.6) is 5.75 Å². The van der Waals surface area contributed by atoms with Crippen molar-refractivity contribution in [3.05, 3.63) is 36.2 Å². The number of H-pyrrole nitrogens is 1. The number of halogens is 3. The van der Waals surface area contributed by atoms with Gasteiger partial charge in [-0.3, -0.25) is 0 Å². The summed E-state index contributed by atoms with van der Waals surface area (Å²) < 4.78 is 41.1. The maximum atomic E-state index is 12.4. The van der Waals surface area contributed by atoms with Crippen LogP contribution in [0.15, 0.2) is 35.7 Å². The molecule has 0 unspecified atom stereocenters. The molecule has 2 rings (SSSR count). The highest BCUT2D eigenvalue weighted by atomic mass is 32.2. The molecule has 1 aromatic carbocycles. The molecule has 0 atom stereocenters. The summed E-state index contributed by atoms with van der Waals surface area (Å²) >= 11 is 1.41. The summed E-state index contributed by atoms with van der Waals surface area (Å²) in [6.07, 6.45) is -1.37. The Labute approximate surface area is 136 Å². The number of nitrogens with one attached hydrogen (secondary N) is 2. The first-order valence-electron chi connectivity index (χ1n) is 7.08. The minimum atomic E-state index is -4.70. The third-order valence-electron chi connectivity index (χ3n) is 2.85. The molecule has 0 saturated heterocycles. The molecule has 4 nitrogen and oxygen atoms in total. The lowest BCUT2D eigenvalue weighted by molar-refractivity contribution is -0.274. The number of benzene rings is 1. The first-order chi connectivity index (χ1) is 10.8. The Hall–Kier alpha value is -1.83. The van der Waals surface area contributed by atoms with Gasteiger partial charge in [0, 0.05) is 30.4 Å². The standard InChI is InChI=1S/C15H18F3N3OS/c1-10(2)8-21-13-4-3-12(22-15(16,17)18)7-11(13)9-23-14-19-5-6-20-14/h3-7,10,21H,8-9H2,1-2H3,(H,19,20). The number of anilines is 1. The lowest BCUT2D eigenvalue weighted by Gasteiger charge is -2.16. The van der Waals surface area contributed by atoms with Crippen molar-refractivity contribution in [1.82, 2.24) is 9.97 Å². The van der Waals surface area contributed by atoms with Crippen LogP contribution in [0, 0.1) is 5.92 Å². The second kappa shape index (κ2) is 7.63. The van der Waals surface area contributed by atoms with E-state index in [1.54, 1.807) is 18.5 Å². The van der Waals surface area contributed by atoms with Crippen LogP contribution >= 0.6 is 11.8 Å². The zero-order valence-corrected chi connectivity index (χ0v) is 13.6. The fourth-order valence-electron chi connectivity index (χ4n) is 1.85. The number of imidazole rings is 1. The van der Waals surface area contributed by atoms with Gasteiger partial charge in [0.15, 0.2) is 5.16 Å². The topological polar surface area (TPSA) is 49.9 Å². The summed E-state index contributed by atoms with van der Waals surface area (Å²) in [5.41, 5.74) is 1.53. The fourth-order valence-corrected chi connectivity index (χ4v) is 2.67. The van der Waals surface area contributed by atoms with Crippen LogP contribution in [0.2, 0.25) is 0 Å². The molecule has 0 fully saturated rings. The van der Waals surface area contributed by atoms with Crippen LogP contribution in [-0.4, -0.2) is 22.9 Å². The Morgan fingerprint density at radius 1 is 1.35 bits per heavy atom. The van der Waals surface area contributed by atoms with Gasteiger partial charge in [0.1, 0.15) is 5.75 Å². The molecule has 23 heavy (non-hydrogen) atoms. The molecule has 2 aromatic rings. The van der Waals surface area contributed by atoms with Crippen molar-refractivity contribution >= 4 is 17.4 Å². The Morgan fingerprint density at radius 2 is 2.13 bits per heavy atom. The average molecular weight is 345 g/mol. The summed E-state index contributed by atoms with van der Waals surface area (Å²) in [5, 5.41) is 3.96. The van der Waals surface area contributed by atoms with Crippen molar-refractivity contribution in [3.8, 4) is 5.75 Å². The van der Waals surface area contributed by atoms with Gasteiger partial charge in [0.25, 0.3) is 0 Å². The number of rotatable bonds is 7. The summed E-state index contributed by atoms with van der Waals surface area (Å²) in [5.74, 6) is 0.678. The second-order valence-electron chi connectivity index (χ2n) is 5.32. The van der Waals surface area contributed by atoms with E-state index < -0.39 is 6.36 Å². The molecular weight excluding hydrogens is 327 g/mol. The van der Waals surface area contributed by atoms with Gasteiger partial charge in [0.05, 0.1) is 0 Å². The van der Waals surface area contributed by atoms with Gasteiger partial charge in [-0.2, -0.15) is 0 Å². The van der Waals surface area contributed by atoms with E-state index in [9.17, 15) is 13.2 Å². The van der Waals surface area contributed by atoms with Gasteiger partial charge in [-0.25, -0.2) is 4.98 Å². The highest BCUT2D eigenvalue weighted by Crippen LogP contribution is 2.31. The van der Waals surface area contributed by atoms with Crippen molar-refractivity contribution in [3.63, 3.8) is 0 Å². The molecule has 0 bridgehead atoms. The van der Waals surface area contributed by atoms with E-state index in [1.807, 2.05) is 0 Å². The third kappa shape index (κ3) is 6.05. The summed E-state index contributed by atoms with van der Waals surface area (Å²) in [7, 11) is 0. The molecule has 1 aromatic heterocycles. The number of ether oxygens (including phenoxy) is 1. The molecule has 0 aliphatic heterocycles. The van der Waals surface area contributed by atoms with Crippen LogP contribution in [0.25, 0.3) is 0 Å². The van der Waals surface area contributed by atoms with Gasteiger partial charge in [-0.15, -0.1) is 13.2 Å². The van der Waals surface area contributed by atoms with Gasteiger partial charge in [-0.1, -0.05) is 25.6 Å². The highest BCUT2D eigenvalue weighted by molar-refractivity contribution is 7.98. The van der Waals surface area contributed by atoms with E-state index in [0.717, 1.165) is 17.8 Å². The van der Waals surface area contributed by atoms with Crippen LogP contribution in [0.3, 0.4) is 0 Å². The predicted octanol–water partition coefficient (Wildman–Crippen LogP) is 4.67. The highest BCUT2D eigenvalue weighted by Gasteiger charge is 2.31. The molecule has 0 aliphatic carbocycles. The molecular formula is C15H18F3N3OS. The van der Waals surface area contributed by atoms with Crippen molar-refractivity contribution < 1.29 is 17.9 Å². The fraction of sp³-hybridized carbons (Fsp3) is 0.400. The molecule has 126 valence electrons. The maximum absolute atomic E-state index is 12.4. The largest absolute Gasteiger partial charge is 0.573 e. The van der Waals surface area contributed by atoms with E-state index in [2.05, 4.69) is 33.9 Å². The molecule has 0 spiro atoms. The number of hydrogen-bond acceptors (Lipinski definition) is 4. The molecule has 0 saturated carbocycles. The summed E-state index contributed by atoms with van der Waals surface area (Å²) in [6.45, 7) is 4.86. The van der Waals surface area contributed by atoms with Crippen molar-refractivity contribution in [2.24, 2.45) is 5.92 Å². The Balaban J connectivity index is 2.15. The van der Waals surface area contributed by atoms with Crippen LogP contribution in [0.4, 0.5) is 18.9 Å². The molecule has 0 aliphatic rings. The number of hydrogen-bond donors (Lipinski definition) is 2. The molecule has 8 heteroatoms. The minimum Gasteiger partial charge on any atom is -0.406 e. The van der Waals surface area contributed by atoms with Gasteiger partial charge < -0.3 is 15.0 Å². The molecule has 0 amide bonds. The van der Waals surface area contributed by atoms with Crippen LogP contribution in [-0.2, 0) is 5.75 Å². The zero-order chi connectivity index (χ0) is 16.9. The van der Waals surface area contributed by atoms with E-state index >= 15 is 0 Å². The number of nitrogens with zero attached hydrogens (tertiary/aromatic N) is 1. The number of aromatic amines is 1. The van der Waals surface area contributed by atoms with Crippen molar-refractivity contribution in [2.45, 2.75) is 31.1 Å². The quantitative estimate of drug-likeness (QED) is 0.716. The monoisotopic (exact) mass is 345 g/mol. The van der Waals surface area contributed by atoms with Crippen LogP contribution < -0.4 is 10.1 Å². The van der Waals surface area contributed by atoms with Crippen molar-refractivity contribution in [1.29, 1.82) is 0 Å². The third-order valence-corrected chi connectivity index (χ3v) is 3.80. The van der Waals surface area contributed by atoms with Gasteiger partial charge in [-0.05, 0) is 29.7 Å². The summed E-state index contributed by atoms with van der Waals surface area (Å²) in [4.78, 5) is 7.04. The average Bonchev–Trinajstić information content (AvgIpc) is 2.95.